The van der Waals surface area contributed by atoms with E-state index in [9.17, 15) is 4.79 Å². The molecule has 0 bridgehead atoms. The minimum Gasteiger partial charge on any atom is -0.395 e. The average molecular weight is 298 g/mol. The molecule has 0 saturated carbocycles. The zero-order chi connectivity index (χ0) is 15.0. The fourth-order valence-corrected chi connectivity index (χ4v) is 2.22. The number of hydrogen-bond donors (Lipinski definition) is 3. The summed E-state index contributed by atoms with van der Waals surface area (Å²) in [5.74, 6) is 1.18. The van der Waals surface area contributed by atoms with Crippen molar-refractivity contribution in [3.05, 3.63) is 17.5 Å². The van der Waals surface area contributed by atoms with Crippen LogP contribution in [0.4, 0.5) is 5.95 Å². The van der Waals surface area contributed by atoms with Gasteiger partial charge in [0.2, 0.25) is 11.9 Å². The Labute approximate surface area is 123 Å². The van der Waals surface area contributed by atoms with Crippen molar-refractivity contribution in [3.8, 4) is 0 Å². The number of nitrogens with zero attached hydrogens (tertiary/aromatic N) is 2. The standard InChI is InChI=1S/C13H22N4O2S/c1-9-8-10(2)16-13(15-9)17-11(4-7-20-3)12(19)14-5-6-18/h8,11,18H,4-7H2,1-3H3,(H,14,19)(H,15,16,17). The molecule has 1 unspecified atom stereocenters. The second-order valence-electron chi connectivity index (χ2n) is 4.47. The van der Waals surface area contributed by atoms with Crippen LogP contribution in [0.1, 0.15) is 17.8 Å². The van der Waals surface area contributed by atoms with Crippen molar-refractivity contribution in [3.63, 3.8) is 0 Å². The van der Waals surface area contributed by atoms with E-state index in [1.807, 2.05) is 26.2 Å². The molecule has 0 aliphatic carbocycles. The summed E-state index contributed by atoms with van der Waals surface area (Å²) in [6, 6.07) is 1.49. The molecule has 3 N–H and O–H groups in total. The fraction of sp³-hybridized carbons (Fsp3) is 0.615. The molecule has 0 saturated heterocycles. The Balaban J connectivity index is 2.74. The van der Waals surface area contributed by atoms with Crippen LogP contribution in [0.25, 0.3) is 0 Å². The number of aliphatic hydroxyl groups excluding tert-OH is 1. The molecule has 1 heterocycles. The molecule has 0 fully saturated rings. The van der Waals surface area contributed by atoms with Crippen LogP contribution in [0.2, 0.25) is 0 Å². The van der Waals surface area contributed by atoms with E-state index in [0.29, 0.717) is 12.4 Å². The first-order valence-electron chi connectivity index (χ1n) is 6.53. The van der Waals surface area contributed by atoms with Gasteiger partial charge in [0, 0.05) is 17.9 Å². The minimum absolute atomic E-state index is 0.0684. The van der Waals surface area contributed by atoms with Gasteiger partial charge in [-0.1, -0.05) is 0 Å². The van der Waals surface area contributed by atoms with Gasteiger partial charge < -0.3 is 15.7 Å². The molecule has 0 aliphatic rings. The van der Waals surface area contributed by atoms with Gasteiger partial charge >= 0.3 is 0 Å². The van der Waals surface area contributed by atoms with Gasteiger partial charge in [0.05, 0.1) is 6.61 Å². The normalized spacial score (nSPS) is 12.0. The molecule has 1 rings (SSSR count). The maximum absolute atomic E-state index is 12.0. The third-order valence-electron chi connectivity index (χ3n) is 2.62. The second kappa shape index (κ2) is 8.76. The number of nitrogens with one attached hydrogen (secondary N) is 2. The third-order valence-corrected chi connectivity index (χ3v) is 3.27. The molecule has 1 amide bonds. The first-order chi connectivity index (χ1) is 9.56. The number of rotatable bonds is 8. The van der Waals surface area contributed by atoms with Crippen molar-refractivity contribution >= 4 is 23.6 Å². The van der Waals surface area contributed by atoms with Crippen molar-refractivity contribution in [1.82, 2.24) is 15.3 Å². The highest BCUT2D eigenvalue weighted by Crippen LogP contribution is 2.09. The lowest BCUT2D eigenvalue weighted by molar-refractivity contribution is -0.122. The van der Waals surface area contributed by atoms with Gasteiger partial charge in [0.1, 0.15) is 6.04 Å². The predicted octanol–water partition coefficient (Wildman–Crippen LogP) is 0.736. The fourth-order valence-electron chi connectivity index (χ4n) is 1.75. The number of carbonyl (C=O) groups is 1. The first-order valence-corrected chi connectivity index (χ1v) is 7.92. The second-order valence-corrected chi connectivity index (χ2v) is 5.45. The van der Waals surface area contributed by atoms with Crippen LogP contribution in [-0.2, 0) is 4.79 Å². The molecular weight excluding hydrogens is 276 g/mol. The summed E-state index contributed by atoms with van der Waals surface area (Å²) < 4.78 is 0. The molecule has 1 atom stereocenters. The van der Waals surface area contributed by atoms with E-state index in [1.165, 1.54) is 0 Å². The van der Waals surface area contributed by atoms with Gasteiger partial charge in [0.25, 0.3) is 0 Å². The molecule has 7 heteroatoms. The largest absolute Gasteiger partial charge is 0.395 e. The van der Waals surface area contributed by atoms with Crippen LogP contribution in [0, 0.1) is 13.8 Å². The Morgan fingerprint density at radius 1 is 1.40 bits per heavy atom. The summed E-state index contributed by atoms with van der Waals surface area (Å²) in [7, 11) is 0. The summed E-state index contributed by atoms with van der Waals surface area (Å²) in [6.07, 6.45) is 2.67. The highest BCUT2D eigenvalue weighted by molar-refractivity contribution is 7.98. The first kappa shape index (κ1) is 16.7. The maximum atomic E-state index is 12.0. The van der Waals surface area contributed by atoms with Crippen LogP contribution in [-0.4, -0.2) is 52.2 Å². The van der Waals surface area contributed by atoms with Crippen LogP contribution in [0.5, 0.6) is 0 Å². The molecule has 6 nitrogen and oxygen atoms in total. The van der Waals surface area contributed by atoms with Gasteiger partial charge in [-0.2, -0.15) is 11.8 Å². The van der Waals surface area contributed by atoms with E-state index >= 15 is 0 Å². The lowest BCUT2D eigenvalue weighted by Gasteiger charge is -2.18. The van der Waals surface area contributed by atoms with E-state index in [1.54, 1.807) is 11.8 Å². The number of aromatic nitrogens is 2. The van der Waals surface area contributed by atoms with E-state index < -0.39 is 6.04 Å². The van der Waals surface area contributed by atoms with E-state index in [0.717, 1.165) is 17.1 Å². The SMILES string of the molecule is CSCCC(Nc1nc(C)cc(C)n1)C(=O)NCCO. The Hall–Kier alpha value is -1.34. The van der Waals surface area contributed by atoms with E-state index in [2.05, 4.69) is 20.6 Å². The van der Waals surface area contributed by atoms with Crippen molar-refractivity contribution in [2.24, 2.45) is 0 Å². The van der Waals surface area contributed by atoms with Gasteiger partial charge in [-0.05, 0) is 38.3 Å². The highest BCUT2D eigenvalue weighted by Gasteiger charge is 2.18. The Morgan fingerprint density at radius 2 is 2.05 bits per heavy atom. The zero-order valence-electron chi connectivity index (χ0n) is 12.1. The summed E-state index contributed by atoms with van der Waals surface area (Å²) in [5, 5.41) is 14.5. The Bertz CT molecular complexity index is 422. The molecule has 0 aromatic carbocycles. The molecule has 0 spiro atoms. The van der Waals surface area contributed by atoms with Gasteiger partial charge in [-0.15, -0.1) is 0 Å². The molecule has 1 aromatic rings. The Kier molecular flexibility index (Phi) is 7.32. The van der Waals surface area contributed by atoms with Crippen LogP contribution in [0.3, 0.4) is 0 Å². The van der Waals surface area contributed by atoms with E-state index in [-0.39, 0.29) is 19.1 Å². The monoisotopic (exact) mass is 298 g/mol. The molecule has 20 heavy (non-hydrogen) atoms. The summed E-state index contributed by atoms with van der Waals surface area (Å²) in [6.45, 7) is 3.97. The van der Waals surface area contributed by atoms with Gasteiger partial charge in [0.15, 0.2) is 0 Å². The number of amides is 1. The zero-order valence-corrected chi connectivity index (χ0v) is 13.0. The van der Waals surface area contributed by atoms with Crippen molar-refractivity contribution in [2.45, 2.75) is 26.3 Å². The topological polar surface area (TPSA) is 87.1 Å². The summed E-state index contributed by atoms with van der Waals surface area (Å²) in [4.78, 5) is 20.6. The lowest BCUT2D eigenvalue weighted by atomic mass is 10.2. The third kappa shape index (κ3) is 5.75. The van der Waals surface area contributed by atoms with Crippen LogP contribution >= 0.6 is 11.8 Å². The Morgan fingerprint density at radius 3 is 2.60 bits per heavy atom. The van der Waals surface area contributed by atoms with Crippen LogP contribution in [0.15, 0.2) is 6.07 Å². The molecule has 0 radical (unpaired) electrons. The van der Waals surface area contributed by atoms with Crippen molar-refractivity contribution in [1.29, 1.82) is 0 Å². The number of hydrogen-bond acceptors (Lipinski definition) is 6. The van der Waals surface area contributed by atoms with Gasteiger partial charge in [-0.25, -0.2) is 9.97 Å². The molecule has 112 valence electrons. The number of anilines is 1. The molecule has 1 aromatic heterocycles. The lowest BCUT2D eigenvalue weighted by Crippen LogP contribution is -2.41. The van der Waals surface area contributed by atoms with E-state index in [4.69, 9.17) is 5.11 Å². The van der Waals surface area contributed by atoms with Gasteiger partial charge in [-0.3, -0.25) is 4.79 Å². The summed E-state index contributed by atoms with van der Waals surface area (Å²) >= 11 is 1.68. The quantitative estimate of drug-likeness (QED) is 0.656. The number of aliphatic hydroxyl groups is 1. The van der Waals surface area contributed by atoms with Crippen LogP contribution < -0.4 is 10.6 Å². The number of thioether (sulfide) groups is 1. The van der Waals surface area contributed by atoms with Crippen molar-refractivity contribution in [2.75, 3.05) is 30.5 Å². The number of aryl methyl sites for hydroxylation is 2. The summed E-state index contributed by atoms with van der Waals surface area (Å²) in [5.41, 5.74) is 1.72. The smallest absolute Gasteiger partial charge is 0.242 e. The van der Waals surface area contributed by atoms with Crippen molar-refractivity contribution < 1.29 is 9.90 Å². The molecule has 0 aliphatic heterocycles. The highest BCUT2D eigenvalue weighted by atomic mass is 32.2. The predicted molar refractivity (Wildman–Crippen MR) is 82.0 cm³/mol. The average Bonchev–Trinajstić information content (AvgIpc) is 2.39. The minimum atomic E-state index is -0.393. The molecular formula is C13H22N4O2S. The maximum Gasteiger partial charge on any atom is 0.242 e. The number of carbonyl (C=O) groups excluding carboxylic acids is 1.